The predicted octanol–water partition coefficient (Wildman–Crippen LogP) is 1.68. The SMILES string of the molecule is O=C1C(C(=O)N(CCO)C2CC2)CCN1c1cccc(Cl)c1. The molecule has 1 atom stereocenters. The largest absolute Gasteiger partial charge is 0.395 e. The van der Waals surface area contributed by atoms with Crippen molar-refractivity contribution in [3.63, 3.8) is 0 Å². The van der Waals surface area contributed by atoms with Gasteiger partial charge >= 0.3 is 0 Å². The Bertz CT molecular complexity index is 589. The topological polar surface area (TPSA) is 60.9 Å². The third-order valence-corrected chi connectivity index (χ3v) is 4.47. The van der Waals surface area contributed by atoms with Gasteiger partial charge in [-0.15, -0.1) is 0 Å². The lowest BCUT2D eigenvalue weighted by molar-refractivity contribution is -0.140. The molecule has 0 spiro atoms. The molecule has 1 aromatic carbocycles. The van der Waals surface area contributed by atoms with Crippen molar-refractivity contribution in [3.05, 3.63) is 29.3 Å². The first-order valence-corrected chi connectivity index (χ1v) is 7.98. The second-order valence-corrected chi connectivity index (χ2v) is 6.23. The molecule has 5 nitrogen and oxygen atoms in total. The van der Waals surface area contributed by atoms with Crippen LogP contribution in [0.1, 0.15) is 19.3 Å². The molecule has 0 aromatic heterocycles. The van der Waals surface area contributed by atoms with Gasteiger partial charge in [-0.05, 0) is 37.5 Å². The fourth-order valence-corrected chi connectivity index (χ4v) is 3.16. The van der Waals surface area contributed by atoms with E-state index in [1.807, 2.05) is 6.07 Å². The van der Waals surface area contributed by atoms with Gasteiger partial charge in [0.05, 0.1) is 6.61 Å². The van der Waals surface area contributed by atoms with Crippen molar-refractivity contribution >= 4 is 29.1 Å². The standard InChI is InChI=1S/C16H19ClN2O3/c17-11-2-1-3-13(10-11)18-7-6-14(15(18)21)16(22)19(8-9-20)12-4-5-12/h1-3,10,12,14,20H,4-9H2. The minimum Gasteiger partial charge on any atom is -0.395 e. The van der Waals surface area contributed by atoms with Gasteiger partial charge in [-0.2, -0.15) is 0 Å². The van der Waals surface area contributed by atoms with Crippen molar-refractivity contribution in [2.75, 3.05) is 24.6 Å². The minimum atomic E-state index is -0.633. The van der Waals surface area contributed by atoms with Gasteiger partial charge < -0.3 is 14.9 Å². The van der Waals surface area contributed by atoms with E-state index in [0.717, 1.165) is 18.5 Å². The monoisotopic (exact) mass is 322 g/mol. The first-order chi connectivity index (χ1) is 10.6. The number of anilines is 1. The summed E-state index contributed by atoms with van der Waals surface area (Å²) in [7, 11) is 0. The number of aliphatic hydroxyl groups excluding tert-OH is 1. The maximum absolute atomic E-state index is 12.6. The molecular weight excluding hydrogens is 304 g/mol. The molecular formula is C16H19ClN2O3. The number of amides is 2. The van der Waals surface area contributed by atoms with Crippen LogP contribution < -0.4 is 4.90 Å². The fourth-order valence-electron chi connectivity index (χ4n) is 2.98. The third kappa shape index (κ3) is 2.96. The lowest BCUT2D eigenvalue weighted by Gasteiger charge is -2.24. The Labute approximate surface area is 134 Å². The van der Waals surface area contributed by atoms with Gasteiger partial charge in [-0.25, -0.2) is 0 Å². The maximum atomic E-state index is 12.6. The van der Waals surface area contributed by atoms with Crippen LogP contribution in [-0.4, -0.2) is 47.6 Å². The Kier molecular flexibility index (Phi) is 4.36. The number of carbonyl (C=O) groups is 2. The molecule has 118 valence electrons. The lowest BCUT2D eigenvalue weighted by atomic mass is 10.1. The average Bonchev–Trinajstić information content (AvgIpc) is 3.26. The molecule has 0 bridgehead atoms. The second kappa shape index (κ2) is 6.26. The minimum absolute atomic E-state index is 0.0683. The molecule has 6 heteroatoms. The Hall–Kier alpha value is -1.59. The molecule has 1 unspecified atom stereocenters. The van der Waals surface area contributed by atoms with Crippen molar-refractivity contribution < 1.29 is 14.7 Å². The number of nitrogens with zero attached hydrogens (tertiary/aromatic N) is 2. The highest BCUT2D eigenvalue weighted by Crippen LogP contribution is 2.32. The molecule has 1 N–H and O–H groups in total. The first-order valence-electron chi connectivity index (χ1n) is 7.60. The van der Waals surface area contributed by atoms with Crippen LogP contribution in [0.4, 0.5) is 5.69 Å². The molecule has 1 aromatic rings. The summed E-state index contributed by atoms with van der Waals surface area (Å²) >= 11 is 5.97. The Morgan fingerprint density at radius 3 is 2.77 bits per heavy atom. The molecule has 3 rings (SSSR count). The van der Waals surface area contributed by atoms with Crippen LogP contribution in [0.25, 0.3) is 0 Å². The van der Waals surface area contributed by atoms with E-state index in [9.17, 15) is 9.59 Å². The average molecular weight is 323 g/mol. The molecule has 22 heavy (non-hydrogen) atoms. The quantitative estimate of drug-likeness (QED) is 0.839. The summed E-state index contributed by atoms with van der Waals surface area (Å²) in [6.45, 7) is 0.763. The molecule has 1 saturated carbocycles. The van der Waals surface area contributed by atoms with E-state index in [0.29, 0.717) is 24.5 Å². The predicted molar refractivity (Wildman–Crippen MR) is 83.7 cm³/mol. The number of carbonyl (C=O) groups excluding carboxylic acids is 2. The number of aliphatic hydroxyl groups is 1. The zero-order valence-electron chi connectivity index (χ0n) is 12.2. The summed E-state index contributed by atoms with van der Waals surface area (Å²) in [6.07, 6.45) is 2.44. The van der Waals surface area contributed by atoms with E-state index in [1.165, 1.54) is 0 Å². The molecule has 1 aliphatic heterocycles. The molecule has 1 saturated heterocycles. The van der Waals surface area contributed by atoms with Crippen LogP contribution in [0.2, 0.25) is 5.02 Å². The molecule has 1 aliphatic carbocycles. The van der Waals surface area contributed by atoms with Crippen molar-refractivity contribution in [1.82, 2.24) is 4.90 Å². The summed E-state index contributed by atoms with van der Waals surface area (Å²) in [4.78, 5) is 28.5. The first kappa shape index (κ1) is 15.3. The Morgan fingerprint density at radius 1 is 1.36 bits per heavy atom. The zero-order valence-corrected chi connectivity index (χ0v) is 13.0. The normalized spacial score (nSPS) is 21.3. The van der Waals surface area contributed by atoms with E-state index < -0.39 is 5.92 Å². The highest BCUT2D eigenvalue weighted by Gasteiger charge is 2.43. The molecule has 2 fully saturated rings. The van der Waals surface area contributed by atoms with Gasteiger partial charge in [0.2, 0.25) is 11.8 Å². The third-order valence-electron chi connectivity index (χ3n) is 4.24. The van der Waals surface area contributed by atoms with Crippen molar-refractivity contribution in [1.29, 1.82) is 0 Å². The van der Waals surface area contributed by atoms with Gasteiger partial charge in [0.1, 0.15) is 5.92 Å². The van der Waals surface area contributed by atoms with Crippen LogP contribution in [0.15, 0.2) is 24.3 Å². The van der Waals surface area contributed by atoms with E-state index in [4.69, 9.17) is 16.7 Å². The van der Waals surface area contributed by atoms with E-state index in [2.05, 4.69) is 0 Å². The summed E-state index contributed by atoms with van der Waals surface area (Å²) in [5.74, 6) is -0.951. The highest BCUT2D eigenvalue weighted by atomic mass is 35.5. The zero-order chi connectivity index (χ0) is 15.7. The van der Waals surface area contributed by atoms with Crippen LogP contribution >= 0.6 is 11.6 Å². The van der Waals surface area contributed by atoms with Crippen molar-refractivity contribution in [2.45, 2.75) is 25.3 Å². The van der Waals surface area contributed by atoms with E-state index in [1.54, 1.807) is 28.0 Å². The molecule has 0 radical (unpaired) electrons. The summed E-state index contributed by atoms with van der Waals surface area (Å²) < 4.78 is 0. The number of benzene rings is 1. The number of rotatable bonds is 5. The number of halogens is 1. The summed E-state index contributed by atoms with van der Waals surface area (Å²) in [6, 6.07) is 7.31. The number of hydrogen-bond donors (Lipinski definition) is 1. The lowest BCUT2D eigenvalue weighted by Crippen LogP contribution is -2.42. The van der Waals surface area contributed by atoms with Crippen LogP contribution in [0.3, 0.4) is 0 Å². The highest BCUT2D eigenvalue weighted by molar-refractivity contribution is 6.31. The van der Waals surface area contributed by atoms with Crippen LogP contribution in [0.5, 0.6) is 0 Å². The van der Waals surface area contributed by atoms with Gasteiger partial charge in [0.15, 0.2) is 0 Å². The van der Waals surface area contributed by atoms with Gasteiger partial charge in [-0.1, -0.05) is 17.7 Å². The maximum Gasteiger partial charge on any atom is 0.239 e. The summed E-state index contributed by atoms with van der Waals surface area (Å²) in [5.41, 5.74) is 0.730. The second-order valence-electron chi connectivity index (χ2n) is 5.80. The van der Waals surface area contributed by atoms with Crippen molar-refractivity contribution in [2.24, 2.45) is 5.92 Å². The van der Waals surface area contributed by atoms with Gasteiger partial charge in [0.25, 0.3) is 0 Å². The van der Waals surface area contributed by atoms with Gasteiger partial charge in [-0.3, -0.25) is 9.59 Å². The van der Waals surface area contributed by atoms with Gasteiger partial charge in [0, 0.05) is 29.8 Å². The Morgan fingerprint density at radius 2 is 2.14 bits per heavy atom. The smallest absolute Gasteiger partial charge is 0.239 e. The molecule has 2 aliphatic rings. The fraction of sp³-hybridized carbons (Fsp3) is 0.500. The van der Waals surface area contributed by atoms with E-state index in [-0.39, 0.29) is 24.5 Å². The van der Waals surface area contributed by atoms with Crippen molar-refractivity contribution in [3.8, 4) is 0 Å². The summed E-state index contributed by atoms with van der Waals surface area (Å²) in [5, 5.41) is 9.70. The molecule has 1 heterocycles. The number of hydrogen-bond acceptors (Lipinski definition) is 3. The van der Waals surface area contributed by atoms with Crippen LogP contribution in [-0.2, 0) is 9.59 Å². The van der Waals surface area contributed by atoms with E-state index >= 15 is 0 Å². The van der Waals surface area contributed by atoms with Crippen LogP contribution in [0, 0.1) is 5.92 Å². The molecule has 2 amide bonds. The Balaban J connectivity index is 1.74.